The monoisotopic (exact) mass is 322 g/mol. The molecule has 0 unspecified atom stereocenters. The smallest absolute Gasteiger partial charge is 0.0327 e. The number of fused-ring (bicyclic) bond motifs is 2. The van der Waals surface area contributed by atoms with E-state index in [-0.39, 0.29) is 0 Å². The maximum absolute atomic E-state index is 5.82. The van der Waals surface area contributed by atoms with Crippen LogP contribution in [-0.4, -0.2) is 0 Å². The molecule has 4 aromatic rings. The van der Waals surface area contributed by atoms with Crippen LogP contribution in [0.1, 0.15) is 25.0 Å². The second-order valence-electron chi connectivity index (χ2n) is 5.83. The summed E-state index contributed by atoms with van der Waals surface area (Å²) in [6, 6.07) is 25.5. The van der Waals surface area contributed by atoms with Crippen molar-refractivity contribution in [3.8, 4) is 23.5 Å². The molecule has 4 aromatic carbocycles. The predicted molar refractivity (Wildman–Crippen MR) is 111 cm³/mol. The average molecular weight is 322 g/mol. The van der Waals surface area contributed by atoms with E-state index in [0.29, 0.717) is 0 Å². The van der Waals surface area contributed by atoms with Crippen LogP contribution in [-0.2, 0) is 0 Å². The molecule has 4 rings (SSSR count). The molecular formula is C25H22. The highest BCUT2D eigenvalue weighted by atomic mass is 14.2. The molecule has 0 saturated carbocycles. The summed E-state index contributed by atoms with van der Waals surface area (Å²) in [7, 11) is 0. The Morgan fingerprint density at radius 2 is 1.16 bits per heavy atom. The van der Waals surface area contributed by atoms with Crippen molar-refractivity contribution >= 4 is 21.5 Å². The molecule has 0 amide bonds. The summed E-state index contributed by atoms with van der Waals surface area (Å²) in [5.74, 6) is 2.88. The molecule has 0 bridgehead atoms. The van der Waals surface area contributed by atoms with E-state index in [9.17, 15) is 0 Å². The Bertz CT molecular complexity index is 1080. The molecule has 0 atom stereocenters. The van der Waals surface area contributed by atoms with Crippen LogP contribution < -0.4 is 0 Å². The van der Waals surface area contributed by atoms with Crippen LogP contribution in [0.25, 0.3) is 32.7 Å². The molecule has 25 heavy (non-hydrogen) atoms. The minimum absolute atomic E-state index is 0.947. The van der Waals surface area contributed by atoms with Crippen molar-refractivity contribution in [1.82, 2.24) is 0 Å². The molecule has 0 saturated heterocycles. The van der Waals surface area contributed by atoms with Gasteiger partial charge in [0, 0.05) is 11.1 Å². The van der Waals surface area contributed by atoms with Crippen LogP contribution in [0.3, 0.4) is 0 Å². The molecule has 0 aliphatic carbocycles. The van der Waals surface area contributed by atoms with E-state index in [1.807, 2.05) is 13.8 Å². The zero-order chi connectivity index (χ0) is 17.8. The lowest BCUT2D eigenvalue weighted by molar-refractivity contribution is 1.49. The molecule has 0 spiro atoms. The number of rotatable bonds is 1. The maximum atomic E-state index is 5.82. The van der Waals surface area contributed by atoms with Gasteiger partial charge in [0.15, 0.2) is 0 Å². The Balaban J connectivity index is 0.000000880. The Hall–Kier alpha value is -3.04. The van der Waals surface area contributed by atoms with Gasteiger partial charge in [0.25, 0.3) is 0 Å². The van der Waals surface area contributed by atoms with Crippen molar-refractivity contribution in [2.45, 2.75) is 20.8 Å². The average Bonchev–Trinajstić information content (AvgIpc) is 2.69. The van der Waals surface area contributed by atoms with Crippen molar-refractivity contribution in [3.05, 3.63) is 83.9 Å². The lowest BCUT2D eigenvalue weighted by Crippen LogP contribution is -1.92. The van der Waals surface area contributed by atoms with Crippen molar-refractivity contribution in [1.29, 1.82) is 0 Å². The van der Waals surface area contributed by atoms with Crippen LogP contribution in [0.2, 0.25) is 0 Å². The minimum atomic E-state index is 0.947. The van der Waals surface area contributed by atoms with E-state index in [1.165, 1.54) is 38.2 Å². The quantitative estimate of drug-likeness (QED) is 0.332. The van der Waals surface area contributed by atoms with Gasteiger partial charge >= 0.3 is 0 Å². The van der Waals surface area contributed by atoms with Gasteiger partial charge in [0.2, 0.25) is 0 Å². The molecular weight excluding hydrogens is 300 g/mol. The molecule has 0 aromatic heterocycles. The van der Waals surface area contributed by atoms with E-state index in [1.54, 1.807) is 0 Å². The first-order valence-corrected chi connectivity index (χ1v) is 8.76. The van der Waals surface area contributed by atoms with E-state index in [0.717, 1.165) is 5.56 Å². The van der Waals surface area contributed by atoms with Gasteiger partial charge in [-0.05, 0) is 45.7 Å². The Morgan fingerprint density at radius 3 is 1.76 bits per heavy atom. The molecule has 0 aliphatic rings. The highest BCUT2D eigenvalue weighted by molar-refractivity contribution is 6.08. The second-order valence-corrected chi connectivity index (χ2v) is 5.83. The van der Waals surface area contributed by atoms with Crippen molar-refractivity contribution in [3.63, 3.8) is 0 Å². The van der Waals surface area contributed by atoms with E-state index < -0.39 is 0 Å². The molecule has 0 heterocycles. The maximum Gasteiger partial charge on any atom is 0.0327 e. The van der Waals surface area contributed by atoms with Gasteiger partial charge in [-0.2, -0.15) is 0 Å². The second kappa shape index (κ2) is 7.24. The standard InChI is InChI=1S/C23H16.C2H6/c1-3-17-14-15-19-9-5-7-11-21(19)23(17)22-16(2)12-13-18-8-4-6-10-20(18)22;1-2/h1,4-15H,2H3;1-2H3. The number of hydrogen-bond donors (Lipinski definition) is 0. The molecule has 0 heteroatoms. The number of benzene rings is 4. The number of terminal acetylenes is 1. The summed E-state index contributed by atoms with van der Waals surface area (Å²) in [6.45, 7) is 6.16. The van der Waals surface area contributed by atoms with Crippen LogP contribution in [0.4, 0.5) is 0 Å². The first-order valence-electron chi connectivity index (χ1n) is 8.76. The molecule has 0 N–H and O–H groups in total. The van der Waals surface area contributed by atoms with Gasteiger partial charge in [0.1, 0.15) is 0 Å². The van der Waals surface area contributed by atoms with Gasteiger partial charge in [0.05, 0.1) is 0 Å². The fourth-order valence-corrected chi connectivity index (χ4v) is 3.37. The van der Waals surface area contributed by atoms with Gasteiger partial charge in [-0.15, -0.1) is 6.42 Å². The molecule has 0 nitrogen and oxygen atoms in total. The van der Waals surface area contributed by atoms with Crippen molar-refractivity contribution < 1.29 is 0 Å². The molecule has 122 valence electrons. The number of aryl methyl sites for hydroxylation is 1. The van der Waals surface area contributed by atoms with Crippen LogP contribution in [0.15, 0.2) is 72.8 Å². The first-order chi connectivity index (χ1) is 12.3. The summed E-state index contributed by atoms with van der Waals surface area (Å²) < 4.78 is 0. The van der Waals surface area contributed by atoms with E-state index in [4.69, 9.17) is 6.42 Å². The van der Waals surface area contributed by atoms with Gasteiger partial charge in [-0.1, -0.05) is 86.5 Å². The Kier molecular flexibility index (Phi) is 4.87. The topological polar surface area (TPSA) is 0 Å². The molecule has 0 aliphatic heterocycles. The summed E-state index contributed by atoms with van der Waals surface area (Å²) in [4.78, 5) is 0. The third kappa shape index (κ3) is 2.90. The van der Waals surface area contributed by atoms with Crippen LogP contribution in [0, 0.1) is 19.3 Å². The van der Waals surface area contributed by atoms with Gasteiger partial charge in [-0.3, -0.25) is 0 Å². The summed E-state index contributed by atoms with van der Waals surface area (Å²) >= 11 is 0. The summed E-state index contributed by atoms with van der Waals surface area (Å²) in [6.07, 6.45) is 5.82. The van der Waals surface area contributed by atoms with E-state index in [2.05, 4.69) is 85.6 Å². The van der Waals surface area contributed by atoms with Crippen molar-refractivity contribution in [2.75, 3.05) is 0 Å². The number of hydrogen-bond acceptors (Lipinski definition) is 0. The van der Waals surface area contributed by atoms with Crippen molar-refractivity contribution in [2.24, 2.45) is 0 Å². The van der Waals surface area contributed by atoms with Crippen LogP contribution in [0.5, 0.6) is 0 Å². The molecule has 0 fully saturated rings. The summed E-state index contributed by atoms with van der Waals surface area (Å²) in [5.41, 5.74) is 4.60. The third-order valence-electron chi connectivity index (χ3n) is 4.47. The Morgan fingerprint density at radius 1 is 0.640 bits per heavy atom. The predicted octanol–water partition coefficient (Wildman–Crippen LogP) is 6.98. The zero-order valence-corrected chi connectivity index (χ0v) is 15.0. The Labute approximate surface area is 150 Å². The highest BCUT2D eigenvalue weighted by Crippen LogP contribution is 2.38. The first kappa shape index (κ1) is 16.8. The third-order valence-corrected chi connectivity index (χ3v) is 4.47. The highest BCUT2D eigenvalue weighted by Gasteiger charge is 2.14. The van der Waals surface area contributed by atoms with Gasteiger partial charge in [-0.25, -0.2) is 0 Å². The SMILES string of the molecule is C#Cc1ccc2ccccc2c1-c1c(C)ccc2ccccc12.CC. The zero-order valence-electron chi connectivity index (χ0n) is 15.0. The lowest BCUT2D eigenvalue weighted by atomic mass is 9.88. The molecule has 0 radical (unpaired) electrons. The summed E-state index contributed by atoms with van der Waals surface area (Å²) in [5, 5.41) is 4.92. The lowest BCUT2D eigenvalue weighted by Gasteiger charge is -2.15. The van der Waals surface area contributed by atoms with Gasteiger partial charge < -0.3 is 0 Å². The van der Waals surface area contributed by atoms with E-state index >= 15 is 0 Å². The largest absolute Gasteiger partial charge is 0.115 e. The fourth-order valence-electron chi connectivity index (χ4n) is 3.37. The normalized spacial score (nSPS) is 10.2. The fraction of sp³-hybridized carbons (Fsp3) is 0.120. The minimum Gasteiger partial charge on any atom is -0.115 e. The van der Waals surface area contributed by atoms with Crippen LogP contribution >= 0.6 is 0 Å².